The van der Waals surface area contributed by atoms with Gasteiger partial charge >= 0.3 is 6.18 Å². The van der Waals surface area contributed by atoms with Crippen LogP contribution >= 0.6 is 0 Å². The molecule has 80 valence electrons. The lowest BCUT2D eigenvalue weighted by molar-refractivity contribution is -0.153. The first-order valence-corrected chi connectivity index (χ1v) is 4.22. The number of hydrogen-bond donors (Lipinski definition) is 0. The summed E-state index contributed by atoms with van der Waals surface area (Å²) in [7, 11) is 0. The molecule has 0 aromatic rings. The van der Waals surface area contributed by atoms with Crippen molar-refractivity contribution in [2.75, 3.05) is 6.54 Å². The summed E-state index contributed by atoms with van der Waals surface area (Å²) in [6.07, 6.45) is -5.33. The van der Waals surface area contributed by atoms with Crippen molar-refractivity contribution in [2.45, 2.75) is 32.0 Å². The zero-order valence-corrected chi connectivity index (χ0v) is 7.60. The molecule has 1 heterocycles. The summed E-state index contributed by atoms with van der Waals surface area (Å²) in [5, 5.41) is 0. The number of hydrogen-bond acceptors (Lipinski definition) is 2. The van der Waals surface area contributed by atoms with Gasteiger partial charge in [-0.25, -0.2) is 0 Å². The molecule has 1 aliphatic heterocycles. The molecule has 0 saturated carbocycles. The number of likely N-dealkylation sites (tertiary alicyclic amines) is 1. The topological polar surface area (TPSA) is 37.4 Å². The van der Waals surface area contributed by atoms with E-state index in [4.69, 9.17) is 0 Å². The van der Waals surface area contributed by atoms with Crippen molar-refractivity contribution in [1.82, 2.24) is 4.90 Å². The zero-order chi connectivity index (χ0) is 10.9. The van der Waals surface area contributed by atoms with Crippen LogP contribution in [0.15, 0.2) is 0 Å². The summed E-state index contributed by atoms with van der Waals surface area (Å²) in [5.74, 6) is -1.39. The zero-order valence-electron chi connectivity index (χ0n) is 7.60. The molecule has 0 aromatic heterocycles. The highest BCUT2D eigenvalue weighted by molar-refractivity contribution is 6.37. The van der Waals surface area contributed by atoms with E-state index in [1.807, 2.05) is 0 Å². The molecule has 0 spiro atoms. The monoisotopic (exact) mass is 209 g/mol. The van der Waals surface area contributed by atoms with Crippen LogP contribution in [-0.4, -0.2) is 35.4 Å². The summed E-state index contributed by atoms with van der Waals surface area (Å²) in [6.45, 7) is 1.40. The van der Waals surface area contributed by atoms with Crippen molar-refractivity contribution in [3.63, 3.8) is 0 Å². The van der Waals surface area contributed by atoms with E-state index in [-0.39, 0.29) is 13.0 Å². The van der Waals surface area contributed by atoms with Crippen LogP contribution in [0, 0.1) is 0 Å². The number of carbonyl (C=O) groups excluding carboxylic acids is 2. The maximum atomic E-state index is 12.0. The molecule has 3 nitrogen and oxygen atoms in total. The van der Waals surface area contributed by atoms with Gasteiger partial charge in [-0.2, -0.15) is 13.2 Å². The molecule has 1 rings (SSSR count). The molecule has 1 atom stereocenters. The summed E-state index contributed by atoms with van der Waals surface area (Å²) < 4.78 is 35.9. The van der Waals surface area contributed by atoms with E-state index in [2.05, 4.69) is 0 Å². The van der Waals surface area contributed by atoms with E-state index in [0.29, 0.717) is 0 Å². The van der Waals surface area contributed by atoms with Gasteiger partial charge in [0.15, 0.2) is 0 Å². The van der Waals surface area contributed by atoms with E-state index in [1.54, 1.807) is 0 Å². The van der Waals surface area contributed by atoms with Crippen LogP contribution < -0.4 is 0 Å². The van der Waals surface area contributed by atoms with Gasteiger partial charge in [0, 0.05) is 19.0 Å². The number of alkyl halides is 3. The second kappa shape index (κ2) is 3.59. The van der Waals surface area contributed by atoms with E-state index in [1.165, 1.54) is 6.92 Å². The molecule has 1 aliphatic rings. The Labute approximate surface area is 78.9 Å². The minimum atomic E-state index is -4.30. The van der Waals surface area contributed by atoms with Crippen LogP contribution in [0.2, 0.25) is 0 Å². The molecule has 6 heteroatoms. The van der Waals surface area contributed by atoms with E-state index in [0.717, 1.165) is 4.90 Å². The maximum Gasteiger partial charge on any atom is 0.391 e. The van der Waals surface area contributed by atoms with Crippen LogP contribution in [0.3, 0.4) is 0 Å². The summed E-state index contributed by atoms with van der Waals surface area (Å²) in [6, 6.07) is -0.950. The Morgan fingerprint density at radius 2 is 2.00 bits per heavy atom. The van der Waals surface area contributed by atoms with Crippen LogP contribution in [-0.2, 0) is 9.59 Å². The van der Waals surface area contributed by atoms with Crippen molar-refractivity contribution < 1.29 is 22.8 Å². The highest BCUT2D eigenvalue weighted by Crippen LogP contribution is 2.25. The second-order valence-electron chi connectivity index (χ2n) is 3.34. The Morgan fingerprint density at radius 3 is 2.36 bits per heavy atom. The van der Waals surface area contributed by atoms with Gasteiger partial charge in [0.05, 0.1) is 6.42 Å². The molecule has 0 aliphatic carbocycles. The fourth-order valence-corrected chi connectivity index (χ4v) is 1.46. The number of ketones is 1. The van der Waals surface area contributed by atoms with Crippen molar-refractivity contribution >= 4 is 11.7 Å². The van der Waals surface area contributed by atoms with Crippen LogP contribution in [0.1, 0.15) is 19.8 Å². The highest BCUT2D eigenvalue weighted by Gasteiger charge is 2.38. The van der Waals surface area contributed by atoms with Crippen LogP contribution in [0.25, 0.3) is 0 Å². The lowest BCUT2D eigenvalue weighted by Gasteiger charge is -2.24. The van der Waals surface area contributed by atoms with Crippen LogP contribution in [0.4, 0.5) is 13.2 Å². The minimum Gasteiger partial charge on any atom is -0.333 e. The number of amides is 1. The summed E-state index contributed by atoms with van der Waals surface area (Å²) >= 11 is 0. The Bertz CT molecular complexity index is 262. The molecule has 0 radical (unpaired) electrons. The van der Waals surface area contributed by atoms with Gasteiger partial charge in [0.25, 0.3) is 5.91 Å². The van der Waals surface area contributed by atoms with Gasteiger partial charge in [-0.1, -0.05) is 0 Å². The molecule has 0 bridgehead atoms. The van der Waals surface area contributed by atoms with Crippen molar-refractivity contribution in [3.05, 3.63) is 0 Å². The van der Waals surface area contributed by atoms with E-state index >= 15 is 0 Å². The maximum absolute atomic E-state index is 12.0. The minimum absolute atomic E-state index is 0.0288. The van der Waals surface area contributed by atoms with Gasteiger partial charge in [-0.15, -0.1) is 0 Å². The van der Waals surface area contributed by atoms with Crippen molar-refractivity contribution in [1.29, 1.82) is 0 Å². The molecule has 1 unspecified atom stereocenters. The van der Waals surface area contributed by atoms with E-state index < -0.39 is 30.3 Å². The number of rotatable bonds is 2. The first kappa shape index (κ1) is 11.0. The number of carbonyl (C=O) groups is 2. The summed E-state index contributed by atoms with van der Waals surface area (Å²) in [4.78, 5) is 22.8. The number of Topliss-reactive ketones (excluding diaryl/α,β-unsaturated/α-hetero) is 1. The smallest absolute Gasteiger partial charge is 0.333 e. The molecule has 0 N–H and O–H groups in total. The number of nitrogens with zero attached hydrogens (tertiary/aromatic N) is 1. The fraction of sp³-hybridized carbons (Fsp3) is 0.750. The Balaban J connectivity index is 2.58. The average molecular weight is 209 g/mol. The lowest BCUT2D eigenvalue weighted by atomic mass is 10.2. The normalized spacial score (nSPS) is 20.4. The molecule has 1 fully saturated rings. The second-order valence-corrected chi connectivity index (χ2v) is 3.34. The Kier molecular flexibility index (Phi) is 2.82. The standard InChI is InChI=1S/C8H10F3NO2/c1-5(4-8(9,10)11)12-3-2-6(13)7(12)14/h5H,2-4H2,1H3. The van der Waals surface area contributed by atoms with Gasteiger partial charge in [0.1, 0.15) is 0 Å². The third-order valence-corrected chi connectivity index (χ3v) is 2.14. The predicted octanol–water partition coefficient (Wildman–Crippen LogP) is 1.13. The van der Waals surface area contributed by atoms with E-state index in [9.17, 15) is 22.8 Å². The Hall–Kier alpha value is -1.07. The third-order valence-electron chi connectivity index (χ3n) is 2.14. The molecule has 1 amide bonds. The quantitative estimate of drug-likeness (QED) is 0.639. The molecular weight excluding hydrogens is 199 g/mol. The third kappa shape index (κ3) is 2.46. The first-order valence-electron chi connectivity index (χ1n) is 4.22. The first-order chi connectivity index (χ1) is 6.31. The Morgan fingerprint density at radius 1 is 1.43 bits per heavy atom. The van der Waals surface area contributed by atoms with Gasteiger partial charge < -0.3 is 4.90 Å². The van der Waals surface area contributed by atoms with Gasteiger partial charge in [-0.3, -0.25) is 9.59 Å². The van der Waals surface area contributed by atoms with Crippen molar-refractivity contribution in [3.8, 4) is 0 Å². The van der Waals surface area contributed by atoms with Crippen LogP contribution in [0.5, 0.6) is 0 Å². The largest absolute Gasteiger partial charge is 0.391 e. The molecule has 0 aromatic carbocycles. The molecular formula is C8H10F3NO2. The lowest BCUT2D eigenvalue weighted by Crippen LogP contribution is -2.38. The summed E-state index contributed by atoms with van der Waals surface area (Å²) in [5.41, 5.74) is 0. The SMILES string of the molecule is CC(CC(F)(F)F)N1CCC(=O)C1=O. The van der Waals surface area contributed by atoms with Crippen molar-refractivity contribution in [2.24, 2.45) is 0 Å². The molecule has 1 saturated heterocycles. The predicted molar refractivity (Wildman–Crippen MR) is 41.5 cm³/mol. The number of halogens is 3. The van der Waals surface area contributed by atoms with Gasteiger partial charge in [0.2, 0.25) is 5.78 Å². The van der Waals surface area contributed by atoms with Gasteiger partial charge in [-0.05, 0) is 6.92 Å². The highest BCUT2D eigenvalue weighted by atomic mass is 19.4. The fourth-order valence-electron chi connectivity index (χ4n) is 1.46. The molecule has 14 heavy (non-hydrogen) atoms. The average Bonchev–Trinajstić information content (AvgIpc) is 2.29.